The van der Waals surface area contributed by atoms with Crippen LogP contribution in [0.25, 0.3) is 0 Å². The number of hydrogen-bond acceptors (Lipinski definition) is 4. The van der Waals surface area contributed by atoms with Crippen LogP contribution in [-0.2, 0) is 9.59 Å². The van der Waals surface area contributed by atoms with E-state index in [9.17, 15) is 14.4 Å². The Morgan fingerprint density at radius 3 is 2.38 bits per heavy atom. The largest absolute Gasteiger partial charge is 0.490 e. The van der Waals surface area contributed by atoms with Crippen LogP contribution in [0.5, 0.6) is 5.75 Å². The van der Waals surface area contributed by atoms with Crippen LogP contribution in [0.15, 0.2) is 49.1 Å². The van der Waals surface area contributed by atoms with Gasteiger partial charge in [-0.15, -0.1) is 0 Å². The number of rotatable bonds is 6. The fraction of sp³-hybridized carbons (Fsp3) is 0.0714. The summed E-state index contributed by atoms with van der Waals surface area (Å²) in [5, 5.41) is 8.33. The molecule has 0 aromatic heterocycles. The van der Waals surface area contributed by atoms with Crippen LogP contribution in [0.2, 0.25) is 0 Å². The first kappa shape index (κ1) is 16.0. The Morgan fingerprint density at radius 2 is 1.81 bits per heavy atom. The second kappa shape index (κ2) is 8.16. The molecule has 3 N–H and O–H groups in total. The molecule has 0 aliphatic rings. The molecule has 0 aliphatic heterocycles. The number of amides is 2. The highest BCUT2D eigenvalue weighted by Gasteiger charge is 2.06. The molecule has 7 nitrogen and oxygen atoms in total. The van der Waals surface area contributed by atoms with E-state index in [1.807, 2.05) is 0 Å². The van der Waals surface area contributed by atoms with Crippen molar-refractivity contribution in [2.24, 2.45) is 0 Å². The second-order valence-corrected chi connectivity index (χ2v) is 3.74. The predicted molar refractivity (Wildman–Crippen MR) is 74.5 cm³/mol. The van der Waals surface area contributed by atoms with Crippen molar-refractivity contribution < 1.29 is 24.2 Å². The van der Waals surface area contributed by atoms with Crippen LogP contribution in [0, 0.1) is 0 Å². The van der Waals surface area contributed by atoms with Crippen molar-refractivity contribution in [1.29, 1.82) is 0 Å². The first-order chi connectivity index (χ1) is 10.0. The molecule has 0 saturated carbocycles. The van der Waals surface area contributed by atoms with Crippen molar-refractivity contribution in [3.63, 3.8) is 0 Å². The van der Waals surface area contributed by atoms with Gasteiger partial charge in [-0.25, -0.2) is 4.79 Å². The van der Waals surface area contributed by atoms with Gasteiger partial charge in [0.1, 0.15) is 12.4 Å². The molecule has 0 spiro atoms. The third-order valence-corrected chi connectivity index (χ3v) is 2.16. The Hall–Kier alpha value is -3.09. The summed E-state index contributed by atoms with van der Waals surface area (Å²) in [4.78, 5) is 33.0. The molecule has 1 aromatic rings. The van der Waals surface area contributed by atoms with E-state index in [-0.39, 0.29) is 0 Å². The first-order valence-electron chi connectivity index (χ1n) is 5.88. The Balaban J connectivity index is 2.50. The van der Waals surface area contributed by atoms with Gasteiger partial charge in [0.05, 0.1) is 0 Å². The molecule has 1 rings (SSSR count). The average Bonchev–Trinajstić information content (AvgIpc) is 2.49. The Labute approximate surface area is 120 Å². The summed E-state index contributed by atoms with van der Waals surface area (Å²) in [7, 11) is 0. The van der Waals surface area contributed by atoms with Crippen molar-refractivity contribution in [3.05, 3.63) is 54.6 Å². The number of hydrazine groups is 1. The van der Waals surface area contributed by atoms with Gasteiger partial charge in [0.2, 0.25) is 0 Å². The molecule has 0 saturated heterocycles. The van der Waals surface area contributed by atoms with Gasteiger partial charge in [-0.05, 0) is 24.3 Å². The summed E-state index contributed by atoms with van der Waals surface area (Å²) in [5.74, 6) is -1.97. The standard InChI is InChI=1S/C14H14N2O5/c1-2-9-21-11-5-3-10(4-6-11)14(20)16-15-12(17)7-8-13(18)19/h2-8H,1,9H2,(H,15,17)(H,16,20)(H,18,19). The van der Waals surface area contributed by atoms with Gasteiger partial charge in [0, 0.05) is 17.7 Å². The molecule has 0 heterocycles. The van der Waals surface area contributed by atoms with Crippen LogP contribution in [-0.4, -0.2) is 29.5 Å². The fourth-order valence-corrected chi connectivity index (χ4v) is 1.24. The molecule has 7 heteroatoms. The molecular weight excluding hydrogens is 276 g/mol. The number of carboxylic acids is 1. The molecule has 0 aliphatic carbocycles. The summed E-state index contributed by atoms with van der Waals surface area (Å²) in [5.41, 5.74) is 4.51. The van der Waals surface area contributed by atoms with Gasteiger partial charge in [0.15, 0.2) is 0 Å². The summed E-state index contributed by atoms with van der Waals surface area (Å²) in [6, 6.07) is 6.25. The molecule has 0 unspecified atom stereocenters. The second-order valence-electron chi connectivity index (χ2n) is 3.74. The molecule has 0 radical (unpaired) electrons. The summed E-state index contributed by atoms with van der Waals surface area (Å²) in [6.07, 6.45) is 3.04. The minimum absolute atomic E-state index is 0.309. The molecule has 2 amide bonds. The van der Waals surface area contributed by atoms with E-state index in [2.05, 4.69) is 17.4 Å². The van der Waals surface area contributed by atoms with Crippen molar-refractivity contribution in [3.8, 4) is 5.75 Å². The lowest BCUT2D eigenvalue weighted by Crippen LogP contribution is -2.40. The van der Waals surface area contributed by atoms with Crippen molar-refractivity contribution in [1.82, 2.24) is 10.9 Å². The third-order valence-electron chi connectivity index (χ3n) is 2.16. The Kier molecular flexibility index (Phi) is 6.20. The maximum atomic E-state index is 11.7. The lowest BCUT2D eigenvalue weighted by atomic mass is 10.2. The van der Waals surface area contributed by atoms with Crippen LogP contribution in [0.3, 0.4) is 0 Å². The van der Waals surface area contributed by atoms with E-state index < -0.39 is 17.8 Å². The summed E-state index contributed by atoms with van der Waals surface area (Å²) in [6.45, 7) is 3.88. The first-order valence-corrected chi connectivity index (χ1v) is 5.88. The maximum Gasteiger partial charge on any atom is 0.328 e. The lowest BCUT2D eigenvalue weighted by Gasteiger charge is -2.06. The topological polar surface area (TPSA) is 105 Å². The van der Waals surface area contributed by atoms with Crippen LogP contribution in [0.4, 0.5) is 0 Å². The van der Waals surface area contributed by atoms with Gasteiger partial charge >= 0.3 is 5.97 Å². The number of benzene rings is 1. The molecule has 0 atom stereocenters. The van der Waals surface area contributed by atoms with Gasteiger partial charge in [-0.1, -0.05) is 12.7 Å². The SMILES string of the molecule is C=CCOc1ccc(C(=O)NNC(=O)C=CC(=O)O)cc1. The monoisotopic (exact) mass is 290 g/mol. The van der Waals surface area contributed by atoms with Gasteiger partial charge in [0.25, 0.3) is 11.8 Å². The van der Waals surface area contributed by atoms with E-state index in [0.717, 1.165) is 6.08 Å². The van der Waals surface area contributed by atoms with E-state index >= 15 is 0 Å². The molecule has 110 valence electrons. The highest BCUT2D eigenvalue weighted by atomic mass is 16.5. The zero-order chi connectivity index (χ0) is 15.7. The number of nitrogens with one attached hydrogen (secondary N) is 2. The minimum atomic E-state index is -1.26. The Bertz CT molecular complexity index is 563. The number of ether oxygens (including phenoxy) is 1. The Morgan fingerprint density at radius 1 is 1.14 bits per heavy atom. The van der Waals surface area contributed by atoms with Crippen molar-refractivity contribution in [2.75, 3.05) is 6.61 Å². The highest BCUT2D eigenvalue weighted by molar-refractivity contribution is 5.98. The molecular formula is C14H14N2O5. The van der Waals surface area contributed by atoms with Gasteiger partial charge in [-0.2, -0.15) is 0 Å². The third kappa shape index (κ3) is 6.06. The van der Waals surface area contributed by atoms with Gasteiger partial charge in [-0.3, -0.25) is 20.4 Å². The summed E-state index contributed by atoms with van der Waals surface area (Å²) < 4.78 is 5.26. The number of carbonyl (C=O) groups excluding carboxylic acids is 2. The predicted octanol–water partition coefficient (Wildman–Crippen LogP) is 0.653. The van der Waals surface area contributed by atoms with Crippen LogP contribution < -0.4 is 15.6 Å². The van der Waals surface area contributed by atoms with E-state index in [1.54, 1.807) is 18.2 Å². The maximum absolute atomic E-state index is 11.7. The van der Waals surface area contributed by atoms with Crippen LogP contribution in [0.1, 0.15) is 10.4 Å². The molecule has 0 fully saturated rings. The quantitative estimate of drug-likeness (QED) is 0.405. The molecule has 1 aromatic carbocycles. The lowest BCUT2D eigenvalue weighted by molar-refractivity contribution is -0.131. The van der Waals surface area contributed by atoms with E-state index in [1.165, 1.54) is 12.1 Å². The van der Waals surface area contributed by atoms with Gasteiger partial charge < -0.3 is 9.84 Å². The number of carbonyl (C=O) groups is 3. The van der Waals surface area contributed by atoms with Crippen molar-refractivity contribution >= 4 is 17.8 Å². The molecule has 0 bridgehead atoms. The number of hydrogen-bond donors (Lipinski definition) is 3. The zero-order valence-electron chi connectivity index (χ0n) is 11.0. The van der Waals surface area contributed by atoms with Crippen LogP contribution >= 0.6 is 0 Å². The normalized spacial score (nSPS) is 9.90. The number of carboxylic acid groups (broad SMARTS) is 1. The highest BCUT2D eigenvalue weighted by Crippen LogP contribution is 2.11. The van der Waals surface area contributed by atoms with Crippen molar-refractivity contribution in [2.45, 2.75) is 0 Å². The zero-order valence-corrected chi connectivity index (χ0v) is 11.0. The fourth-order valence-electron chi connectivity index (χ4n) is 1.24. The molecule has 21 heavy (non-hydrogen) atoms. The van der Waals surface area contributed by atoms with E-state index in [4.69, 9.17) is 9.84 Å². The van der Waals surface area contributed by atoms with E-state index in [0.29, 0.717) is 24.0 Å². The minimum Gasteiger partial charge on any atom is -0.490 e. The smallest absolute Gasteiger partial charge is 0.328 e. The number of aliphatic carboxylic acids is 1. The average molecular weight is 290 g/mol. The summed E-state index contributed by atoms with van der Waals surface area (Å²) >= 11 is 0.